The monoisotopic (exact) mass is 290 g/mol. The second-order valence-corrected chi connectivity index (χ2v) is 4.93. The van der Waals surface area contributed by atoms with Crippen LogP contribution in [0.2, 0.25) is 5.02 Å². The van der Waals surface area contributed by atoms with Crippen LogP contribution in [0.15, 0.2) is 42.5 Å². The number of halogens is 1. The Kier molecular flexibility index (Phi) is 4.88. The van der Waals surface area contributed by atoms with Gasteiger partial charge >= 0.3 is 0 Å². The van der Waals surface area contributed by atoms with Gasteiger partial charge in [0, 0.05) is 35.6 Å². The Morgan fingerprint density at radius 2 is 1.85 bits per heavy atom. The highest BCUT2D eigenvalue weighted by Crippen LogP contribution is 2.32. The zero-order chi connectivity index (χ0) is 14.5. The Bertz CT molecular complexity index is 569. The zero-order valence-electron chi connectivity index (χ0n) is 12.0. The van der Waals surface area contributed by atoms with E-state index in [1.54, 1.807) is 7.11 Å². The van der Waals surface area contributed by atoms with Crippen molar-refractivity contribution >= 4 is 23.0 Å². The highest BCUT2D eigenvalue weighted by molar-refractivity contribution is 6.31. The van der Waals surface area contributed by atoms with Crippen LogP contribution in [0.1, 0.15) is 5.56 Å². The molecular weight excluding hydrogens is 272 g/mol. The van der Waals surface area contributed by atoms with E-state index < -0.39 is 0 Å². The van der Waals surface area contributed by atoms with E-state index in [0.29, 0.717) is 0 Å². The van der Waals surface area contributed by atoms with Gasteiger partial charge < -0.3 is 15.0 Å². The summed E-state index contributed by atoms with van der Waals surface area (Å²) in [5.74, 6) is 0.851. The highest BCUT2D eigenvalue weighted by Gasteiger charge is 2.11. The van der Waals surface area contributed by atoms with Crippen molar-refractivity contribution in [3.8, 4) is 5.75 Å². The van der Waals surface area contributed by atoms with E-state index >= 15 is 0 Å². The van der Waals surface area contributed by atoms with Crippen LogP contribution in [-0.4, -0.2) is 21.2 Å². The summed E-state index contributed by atoms with van der Waals surface area (Å²) < 4.78 is 5.19. The van der Waals surface area contributed by atoms with Crippen molar-refractivity contribution in [3.63, 3.8) is 0 Å². The van der Waals surface area contributed by atoms with Crippen LogP contribution < -0.4 is 15.0 Å². The lowest BCUT2D eigenvalue weighted by Crippen LogP contribution is -2.15. The van der Waals surface area contributed by atoms with Crippen molar-refractivity contribution in [1.29, 1.82) is 0 Å². The van der Waals surface area contributed by atoms with Gasteiger partial charge in [0.2, 0.25) is 0 Å². The average Bonchev–Trinajstić information content (AvgIpc) is 2.49. The third-order valence-corrected chi connectivity index (χ3v) is 3.62. The topological polar surface area (TPSA) is 24.5 Å². The van der Waals surface area contributed by atoms with Crippen LogP contribution in [-0.2, 0) is 6.54 Å². The Morgan fingerprint density at radius 3 is 2.45 bits per heavy atom. The predicted molar refractivity (Wildman–Crippen MR) is 85.3 cm³/mol. The predicted octanol–water partition coefficient (Wildman–Crippen LogP) is 3.84. The Morgan fingerprint density at radius 1 is 1.15 bits per heavy atom. The molecule has 20 heavy (non-hydrogen) atoms. The number of benzene rings is 2. The number of nitrogens with one attached hydrogen (secondary N) is 1. The van der Waals surface area contributed by atoms with E-state index in [4.69, 9.17) is 16.3 Å². The Balaban J connectivity index is 2.36. The van der Waals surface area contributed by atoms with Gasteiger partial charge in [-0.05, 0) is 43.4 Å². The van der Waals surface area contributed by atoms with Gasteiger partial charge in [0.1, 0.15) is 5.75 Å². The maximum Gasteiger partial charge on any atom is 0.119 e. The molecule has 0 spiro atoms. The van der Waals surface area contributed by atoms with Gasteiger partial charge in [-0.1, -0.05) is 17.7 Å². The number of hydrogen-bond acceptors (Lipinski definition) is 3. The number of hydrogen-bond donors (Lipinski definition) is 1. The molecule has 4 heteroatoms. The fraction of sp³-hybridized carbons (Fsp3) is 0.250. The van der Waals surface area contributed by atoms with Crippen LogP contribution in [0.25, 0.3) is 0 Å². The molecule has 0 unspecified atom stereocenters. The summed E-state index contributed by atoms with van der Waals surface area (Å²) >= 11 is 6.30. The summed E-state index contributed by atoms with van der Waals surface area (Å²) in [6.07, 6.45) is 0. The number of rotatable bonds is 5. The molecule has 0 bridgehead atoms. The molecule has 0 aliphatic rings. The summed E-state index contributed by atoms with van der Waals surface area (Å²) in [5, 5.41) is 3.93. The minimum atomic E-state index is 0.732. The SMILES string of the molecule is CNCc1c(Cl)cccc1N(C)c1ccc(OC)cc1. The summed E-state index contributed by atoms with van der Waals surface area (Å²) in [4.78, 5) is 2.12. The van der Waals surface area contributed by atoms with Gasteiger partial charge in [0.15, 0.2) is 0 Å². The van der Waals surface area contributed by atoms with Crippen molar-refractivity contribution in [3.05, 3.63) is 53.1 Å². The largest absolute Gasteiger partial charge is 0.497 e. The maximum atomic E-state index is 6.30. The molecule has 0 amide bonds. The lowest BCUT2D eigenvalue weighted by atomic mass is 10.1. The fourth-order valence-corrected chi connectivity index (χ4v) is 2.39. The molecule has 0 saturated carbocycles. The van der Waals surface area contributed by atoms with Crippen LogP contribution in [0, 0.1) is 0 Å². The first-order valence-corrected chi connectivity index (χ1v) is 6.85. The number of anilines is 2. The summed E-state index contributed by atoms with van der Waals surface area (Å²) in [6, 6.07) is 13.9. The van der Waals surface area contributed by atoms with Crippen LogP contribution in [0.5, 0.6) is 5.75 Å². The lowest BCUT2D eigenvalue weighted by Gasteiger charge is -2.23. The molecule has 106 valence electrons. The van der Waals surface area contributed by atoms with Gasteiger partial charge in [-0.3, -0.25) is 0 Å². The number of ether oxygens (including phenoxy) is 1. The molecule has 0 aliphatic heterocycles. The van der Waals surface area contributed by atoms with E-state index in [0.717, 1.165) is 34.3 Å². The van der Waals surface area contributed by atoms with Gasteiger partial charge in [-0.25, -0.2) is 0 Å². The normalized spacial score (nSPS) is 10.4. The molecule has 2 rings (SSSR count). The van der Waals surface area contributed by atoms with Crippen molar-refractivity contribution in [1.82, 2.24) is 5.32 Å². The fourth-order valence-electron chi connectivity index (χ4n) is 2.16. The number of methoxy groups -OCH3 is 1. The van der Waals surface area contributed by atoms with Crippen molar-refractivity contribution in [2.24, 2.45) is 0 Å². The quantitative estimate of drug-likeness (QED) is 0.905. The molecule has 0 heterocycles. The van der Waals surface area contributed by atoms with E-state index in [-0.39, 0.29) is 0 Å². The van der Waals surface area contributed by atoms with Crippen molar-refractivity contribution in [2.45, 2.75) is 6.54 Å². The van der Waals surface area contributed by atoms with E-state index in [1.807, 2.05) is 50.5 Å². The van der Waals surface area contributed by atoms with E-state index in [9.17, 15) is 0 Å². The third kappa shape index (κ3) is 3.06. The Hall–Kier alpha value is -1.71. The van der Waals surface area contributed by atoms with Crippen molar-refractivity contribution in [2.75, 3.05) is 26.1 Å². The molecule has 2 aromatic carbocycles. The Labute approximate surface area is 125 Å². The molecule has 0 fully saturated rings. The highest BCUT2D eigenvalue weighted by atomic mass is 35.5. The average molecular weight is 291 g/mol. The summed E-state index contributed by atoms with van der Waals surface area (Å²) in [7, 11) is 5.62. The lowest BCUT2D eigenvalue weighted by molar-refractivity contribution is 0.415. The van der Waals surface area contributed by atoms with Gasteiger partial charge in [-0.2, -0.15) is 0 Å². The smallest absolute Gasteiger partial charge is 0.119 e. The van der Waals surface area contributed by atoms with Gasteiger partial charge in [0.05, 0.1) is 7.11 Å². The minimum absolute atomic E-state index is 0.732. The van der Waals surface area contributed by atoms with Crippen LogP contribution in [0.3, 0.4) is 0 Å². The van der Waals surface area contributed by atoms with Crippen molar-refractivity contribution < 1.29 is 4.74 Å². The molecule has 2 aromatic rings. The first-order valence-electron chi connectivity index (χ1n) is 6.47. The molecular formula is C16H19ClN2O. The van der Waals surface area contributed by atoms with E-state index in [2.05, 4.69) is 16.3 Å². The molecule has 0 radical (unpaired) electrons. The first-order chi connectivity index (χ1) is 9.67. The van der Waals surface area contributed by atoms with Crippen LogP contribution in [0.4, 0.5) is 11.4 Å². The van der Waals surface area contributed by atoms with Crippen LogP contribution >= 0.6 is 11.6 Å². The van der Waals surface area contributed by atoms with Gasteiger partial charge in [0.25, 0.3) is 0 Å². The standard InChI is InChI=1S/C16H19ClN2O/c1-18-11-14-15(17)5-4-6-16(14)19(2)12-7-9-13(20-3)10-8-12/h4-10,18H,11H2,1-3H3. The molecule has 0 saturated heterocycles. The zero-order valence-corrected chi connectivity index (χ0v) is 12.7. The second-order valence-electron chi connectivity index (χ2n) is 4.52. The third-order valence-electron chi connectivity index (χ3n) is 3.27. The maximum absolute atomic E-state index is 6.30. The minimum Gasteiger partial charge on any atom is -0.497 e. The molecule has 0 aliphatic carbocycles. The van der Waals surface area contributed by atoms with E-state index in [1.165, 1.54) is 0 Å². The molecule has 0 atom stereocenters. The van der Waals surface area contributed by atoms with Gasteiger partial charge in [-0.15, -0.1) is 0 Å². The molecule has 0 aromatic heterocycles. The first kappa shape index (κ1) is 14.7. The summed E-state index contributed by atoms with van der Waals surface area (Å²) in [5.41, 5.74) is 3.28. The summed E-state index contributed by atoms with van der Waals surface area (Å²) in [6.45, 7) is 0.732. The number of nitrogens with zero attached hydrogens (tertiary/aromatic N) is 1. The molecule has 1 N–H and O–H groups in total. The molecule has 3 nitrogen and oxygen atoms in total. The second kappa shape index (κ2) is 6.64.